The van der Waals surface area contributed by atoms with Gasteiger partial charge in [-0.1, -0.05) is 26.0 Å². The summed E-state index contributed by atoms with van der Waals surface area (Å²) < 4.78 is 5.12. The maximum atomic E-state index is 12.0. The van der Waals surface area contributed by atoms with Gasteiger partial charge < -0.3 is 9.64 Å². The van der Waals surface area contributed by atoms with E-state index in [1.165, 1.54) is 0 Å². The molecule has 0 bridgehead atoms. The second-order valence-electron chi connectivity index (χ2n) is 6.98. The molecule has 4 nitrogen and oxygen atoms in total. The summed E-state index contributed by atoms with van der Waals surface area (Å²) >= 11 is 0. The molecule has 1 aliphatic heterocycles. The predicted molar refractivity (Wildman–Crippen MR) is 102 cm³/mol. The fourth-order valence-corrected chi connectivity index (χ4v) is 3.21. The minimum Gasteiger partial charge on any atom is -0.462 e. The minimum absolute atomic E-state index is 0.266. The highest BCUT2D eigenvalue weighted by atomic mass is 16.5. The van der Waals surface area contributed by atoms with Crippen molar-refractivity contribution in [3.63, 3.8) is 0 Å². The Morgan fingerprint density at radius 2 is 1.80 bits per heavy atom. The van der Waals surface area contributed by atoms with Crippen LogP contribution >= 0.6 is 0 Å². The van der Waals surface area contributed by atoms with E-state index in [0.29, 0.717) is 12.2 Å². The molecule has 130 valence electrons. The fraction of sp³-hybridized carbons (Fsp3) is 0.333. The van der Waals surface area contributed by atoms with Gasteiger partial charge in [0.1, 0.15) is 0 Å². The van der Waals surface area contributed by atoms with Gasteiger partial charge in [0.2, 0.25) is 0 Å². The molecule has 0 spiro atoms. The minimum atomic E-state index is -0.287. The van der Waals surface area contributed by atoms with Crippen molar-refractivity contribution in [2.45, 2.75) is 26.2 Å². The Morgan fingerprint density at radius 1 is 1.12 bits per heavy atom. The van der Waals surface area contributed by atoms with E-state index in [2.05, 4.69) is 43.0 Å². The molecule has 0 saturated carbocycles. The van der Waals surface area contributed by atoms with E-state index in [0.717, 1.165) is 28.2 Å². The summed E-state index contributed by atoms with van der Waals surface area (Å²) in [5, 5.41) is 0. The highest BCUT2D eigenvalue weighted by molar-refractivity contribution is 6.12. The Kier molecular flexibility index (Phi) is 4.38. The number of fused-ring (bicyclic) bond motifs is 1. The molecule has 0 amide bonds. The number of esters is 1. The molecule has 2 aromatic carbocycles. The Morgan fingerprint density at radius 3 is 2.40 bits per heavy atom. The molecule has 0 aliphatic carbocycles. The van der Waals surface area contributed by atoms with E-state index < -0.39 is 0 Å². The van der Waals surface area contributed by atoms with Crippen LogP contribution in [-0.2, 0) is 10.2 Å². The zero-order valence-corrected chi connectivity index (χ0v) is 15.5. The van der Waals surface area contributed by atoms with Gasteiger partial charge in [-0.25, -0.2) is 4.79 Å². The first-order valence-electron chi connectivity index (χ1n) is 8.53. The number of hydrogen-bond donors (Lipinski definition) is 0. The van der Waals surface area contributed by atoms with Crippen LogP contribution in [0.15, 0.2) is 47.5 Å². The van der Waals surface area contributed by atoms with Gasteiger partial charge in [-0.2, -0.15) is 0 Å². The number of ether oxygens (including phenoxy) is 1. The maximum Gasteiger partial charge on any atom is 0.338 e. The van der Waals surface area contributed by atoms with Crippen molar-refractivity contribution in [2.75, 3.05) is 25.6 Å². The molecule has 3 rings (SSSR count). The summed E-state index contributed by atoms with van der Waals surface area (Å²) in [5.74, 6) is -0.287. The van der Waals surface area contributed by atoms with Crippen molar-refractivity contribution in [1.82, 2.24) is 0 Å². The molecule has 0 aromatic heterocycles. The lowest BCUT2D eigenvalue weighted by Gasteiger charge is -2.23. The van der Waals surface area contributed by atoms with Crippen LogP contribution in [0.3, 0.4) is 0 Å². The zero-order valence-electron chi connectivity index (χ0n) is 15.5. The SMILES string of the molecule is CCOC(=O)c1ccc2c(c1)C(C)(C)C(c1ccc(N(C)C)cc1)=N2. The summed E-state index contributed by atoms with van der Waals surface area (Å²) in [5.41, 5.74) is 5.57. The van der Waals surface area contributed by atoms with E-state index in [9.17, 15) is 4.79 Å². The van der Waals surface area contributed by atoms with Gasteiger partial charge in [0.15, 0.2) is 0 Å². The van der Waals surface area contributed by atoms with Crippen LogP contribution in [0.5, 0.6) is 0 Å². The van der Waals surface area contributed by atoms with Crippen LogP contribution in [-0.4, -0.2) is 32.4 Å². The first-order chi connectivity index (χ1) is 11.8. The Hall–Kier alpha value is -2.62. The van der Waals surface area contributed by atoms with Crippen molar-refractivity contribution in [3.05, 3.63) is 59.2 Å². The van der Waals surface area contributed by atoms with E-state index >= 15 is 0 Å². The number of carbonyl (C=O) groups is 1. The Labute approximate surface area is 149 Å². The maximum absolute atomic E-state index is 12.0. The lowest BCUT2D eigenvalue weighted by Crippen LogP contribution is -2.26. The molecule has 0 saturated heterocycles. The van der Waals surface area contributed by atoms with Crippen LogP contribution in [0, 0.1) is 0 Å². The highest BCUT2D eigenvalue weighted by Crippen LogP contribution is 2.42. The van der Waals surface area contributed by atoms with Crippen molar-refractivity contribution >= 4 is 23.1 Å². The molecule has 1 heterocycles. The molecule has 0 N–H and O–H groups in total. The first-order valence-corrected chi connectivity index (χ1v) is 8.53. The third-order valence-corrected chi connectivity index (χ3v) is 4.66. The lowest BCUT2D eigenvalue weighted by molar-refractivity contribution is 0.0526. The van der Waals surface area contributed by atoms with Crippen LogP contribution in [0.1, 0.15) is 42.3 Å². The lowest BCUT2D eigenvalue weighted by atomic mass is 9.78. The molecular weight excluding hydrogens is 312 g/mol. The normalized spacial score (nSPS) is 14.7. The van der Waals surface area contributed by atoms with Crippen molar-refractivity contribution in [2.24, 2.45) is 4.99 Å². The molecule has 0 radical (unpaired) electrons. The number of rotatable bonds is 4. The number of anilines is 1. The average Bonchev–Trinajstić information content (AvgIpc) is 2.86. The smallest absolute Gasteiger partial charge is 0.338 e. The van der Waals surface area contributed by atoms with E-state index in [1.807, 2.05) is 33.2 Å². The van der Waals surface area contributed by atoms with Crippen LogP contribution < -0.4 is 4.90 Å². The molecule has 1 aliphatic rings. The summed E-state index contributed by atoms with van der Waals surface area (Å²) in [6.07, 6.45) is 0. The molecule has 2 aromatic rings. The third-order valence-electron chi connectivity index (χ3n) is 4.66. The van der Waals surface area contributed by atoms with Crippen LogP contribution in [0.2, 0.25) is 0 Å². The standard InChI is InChI=1S/C21H24N2O2/c1-6-25-20(24)15-9-12-18-17(13-15)21(2,3)19(22-18)14-7-10-16(11-8-14)23(4)5/h7-13H,6H2,1-5H3. The Balaban J connectivity index is 1.97. The van der Waals surface area contributed by atoms with Gasteiger partial charge in [0, 0.05) is 25.2 Å². The van der Waals surface area contributed by atoms with E-state index in [1.54, 1.807) is 6.07 Å². The Bertz CT molecular complexity index is 833. The highest BCUT2D eigenvalue weighted by Gasteiger charge is 2.36. The number of benzene rings is 2. The van der Waals surface area contributed by atoms with Gasteiger partial charge in [0.05, 0.1) is 23.6 Å². The van der Waals surface area contributed by atoms with Gasteiger partial charge >= 0.3 is 5.97 Å². The van der Waals surface area contributed by atoms with Crippen LogP contribution in [0.25, 0.3) is 0 Å². The number of nitrogens with zero attached hydrogens (tertiary/aromatic N) is 2. The monoisotopic (exact) mass is 336 g/mol. The first kappa shape index (κ1) is 17.2. The number of hydrogen-bond acceptors (Lipinski definition) is 4. The average molecular weight is 336 g/mol. The molecular formula is C21H24N2O2. The summed E-state index contributed by atoms with van der Waals surface area (Å²) in [4.78, 5) is 19.0. The van der Waals surface area contributed by atoms with E-state index in [4.69, 9.17) is 9.73 Å². The molecule has 0 unspecified atom stereocenters. The third kappa shape index (κ3) is 3.04. The summed E-state index contributed by atoms with van der Waals surface area (Å²) in [7, 11) is 4.05. The largest absolute Gasteiger partial charge is 0.462 e. The fourth-order valence-electron chi connectivity index (χ4n) is 3.21. The number of carbonyl (C=O) groups excluding carboxylic acids is 1. The van der Waals surface area contributed by atoms with Gasteiger partial charge in [-0.05, 0) is 48.4 Å². The summed E-state index contributed by atoms with van der Waals surface area (Å²) in [6.45, 7) is 6.48. The predicted octanol–water partition coefficient (Wildman–Crippen LogP) is 4.34. The zero-order chi connectivity index (χ0) is 18.2. The second kappa shape index (κ2) is 6.36. The number of aliphatic imine (C=N–C) groups is 1. The van der Waals surface area contributed by atoms with Crippen molar-refractivity contribution in [1.29, 1.82) is 0 Å². The topological polar surface area (TPSA) is 41.9 Å². The van der Waals surface area contributed by atoms with Gasteiger partial charge in [0.25, 0.3) is 0 Å². The molecule has 0 atom stereocenters. The quantitative estimate of drug-likeness (QED) is 0.780. The van der Waals surface area contributed by atoms with Crippen molar-refractivity contribution < 1.29 is 9.53 Å². The second-order valence-corrected chi connectivity index (χ2v) is 6.98. The van der Waals surface area contributed by atoms with Crippen LogP contribution in [0.4, 0.5) is 11.4 Å². The summed E-state index contributed by atoms with van der Waals surface area (Å²) in [6, 6.07) is 14.0. The van der Waals surface area contributed by atoms with Crippen molar-refractivity contribution in [3.8, 4) is 0 Å². The van der Waals surface area contributed by atoms with Gasteiger partial charge in [-0.15, -0.1) is 0 Å². The molecule has 4 heteroatoms. The van der Waals surface area contributed by atoms with Gasteiger partial charge in [-0.3, -0.25) is 4.99 Å². The van der Waals surface area contributed by atoms with E-state index in [-0.39, 0.29) is 11.4 Å². The molecule has 0 fully saturated rings. The molecule has 25 heavy (non-hydrogen) atoms.